The molecule has 3 amide bonds. The van der Waals surface area contributed by atoms with Crippen molar-refractivity contribution in [2.24, 2.45) is 5.73 Å². The average Bonchev–Trinajstić information content (AvgIpc) is 3.02. The number of primary amides is 1. The Morgan fingerprint density at radius 3 is 2.17 bits per heavy atom. The molecule has 8 heteroatoms. The molecule has 1 atom stereocenters. The lowest BCUT2D eigenvalue weighted by atomic mass is 9.98. The standard InChI is InChI=1S/C21H23N3O5/c22-20(27)23-11-5-10-18(19(25)26)24-21(28)29-12-17-15-8-3-1-6-13(15)14-7-2-4-9-16(14)17/h1-4,6-9,17-18H,5,10-12H2,(H,24,28)(H,25,26)(H3,22,23,27). The molecule has 0 bridgehead atoms. The third-order valence-corrected chi connectivity index (χ3v) is 4.90. The van der Waals surface area contributed by atoms with Gasteiger partial charge in [0, 0.05) is 12.5 Å². The molecular formula is C21H23N3O5. The Bertz CT molecular complexity index is 869. The highest BCUT2D eigenvalue weighted by Gasteiger charge is 2.29. The second-order valence-corrected chi connectivity index (χ2v) is 6.79. The van der Waals surface area contributed by atoms with Crippen LogP contribution >= 0.6 is 0 Å². The number of benzene rings is 2. The van der Waals surface area contributed by atoms with Crippen molar-refractivity contribution < 1.29 is 24.2 Å². The highest BCUT2D eigenvalue weighted by molar-refractivity contribution is 5.81. The minimum Gasteiger partial charge on any atom is -0.480 e. The molecule has 0 radical (unpaired) electrons. The highest BCUT2D eigenvalue weighted by Crippen LogP contribution is 2.44. The summed E-state index contributed by atoms with van der Waals surface area (Å²) in [5.74, 6) is -1.27. The second-order valence-electron chi connectivity index (χ2n) is 6.79. The Kier molecular flexibility index (Phi) is 6.33. The van der Waals surface area contributed by atoms with Crippen molar-refractivity contribution in [1.29, 1.82) is 0 Å². The largest absolute Gasteiger partial charge is 0.480 e. The van der Waals surface area contributed by atoms with Gasteiger partial charge in [0.25, 0.3) is 0 Å². The number of alkyl carbamates (subject to hydrolysis) is 1. The highest BCUT2D eigenvalue weighted by atomic mass is 16.5. The molecule has 0 saturated carbocycles. The first-order chi connectivity index (χ1) is 14.0. The lowest BCUT2D eigenvalue weighted by molar-refractivity contribution is -0.139. The molecule has 29 heavy (non-hydrogen) atoms. The molecule has 1 aliphatic rings. The summed E-state index contributed by atoms with van der Waals surface area (Å²) in [6.07, 6.45) is -0.300. The zero-order valence-corrected chi connectivity index (χ0v) is 15.8. The monoisotopic (exact) mass is 397 g/mol. The van der Waals surface area contributed by atoms with Crippen molar-refractivity contribution in [1.82, 2.24) is 10.6 Å². The first-order valence-corrected chi connectivity index (χ1v) is 9.35. The smallest absolute Gasteiger partial charge is 0.407 e. The normalized spacial score (nSPS) is 13.1. The van der Waals surface area contributed by atoms with Gasteiger partial charge in [-0.3, -0.25) is 0 Å². The van der Waals surface area contributed by atoms with Crippen molar-refractivity contribution in [2.75, 3.05) is 13.2 Å². The predicted octanol–water partition coefficient (Wildman–Crippen LogP) is 2.43. The molecule has 0 spiro atoms. The Hall–Kier alpha value is -3.55. The third-order valence-electron chi connectivity index (χ3n) is 4.90. The molecule has 1 aliphatic carbocycles. The van der Waals surface area contributed by atoms with Gasteiger partial charge < -0.3 is 26.2 Å². The Morgan fingerprint density at radius 1 is 1.03 bits per heavy atom. The van der Waals surface area contributed by atoms with Crippen molar-refractivity contribution in [2.45, 2.75) is 24.8 Å². The fourth-order valence-corrected chi connectivity index (χ4v) is 3.56. The van der Waals surface area contributed by atoms with E-state index in [9.17, 15) is 19.5 Å². The molecule has 2 aromatic rings. The first kappa shape index (κ1) is 20.2. The number of nitrogens with one attached hydrogen (secondary N) is 2. The van der Waals surface area contributed by atoms with E-state index in [1.54, 1.807) is 0 Å². The maximum atomic E-state index is 12.2. The molecule has 5 N–H and O–H groups in total. The molecule has 2 aromatic carbocycles. The lowest BCUT2D eigenvalue weighted by Gasteiger charge is -2.17. The second kappa shape index (κ2) is 9.09. The van der Waals surface area contributed by atoms with Crippen LogP contribution in [-0.2, 0) is 9.53 Å². The van der Waals surface area contributed by atoms with Crippen LogP contribution < -0.4 is 16.4 Å². The van der Waals surface area contributed by atoms with Crippen molar-refractivity contribution >= 4 is 18.1 Å². The maximum absolute atomic E-state index is 12.2. The van der Waals surface area contributed by atoms with Crippen LogP contribution in [0, 0.1) is 0 Å². The summed E-state index contributed by atoms with van der Waals surface area (Å²) in [6.45, 7) is 0.334. The quantitative estimate of drug-likeness (QED) is 0.508. The van der Waals surface area contributed by atoms with Crippen molar-refractivity contribution in [3.05, 3.63) is 59.7 Å². The van der Waals surface area contributed by atoms with Crippen LogP contribution in [0.15, 0.2) is 48.5 Å². The number of urea groups is 1. The summed E-state index contributed by atoms with van der Waals surface area (Å²) in [4.78, 5) is 34.2. The number of nitrogens with two attached hydrogens (primary N) is 1. The molecular weight excluding hydrogens is 374 g/mol. The van der Waals surface area contributed by atoms with Gasteiger partial charge in [0.05, 0.1) is 0 Å². The third kappa shape index (κ3) is 4.84. The van der Waals surface area contributed by atoms with Gasteiger partial charge in [-0.1, -0.05) is 48.5 Å². The van der Waals surface area contributed by atoms with E-state index < -0.39 is 24.1 Å². The minimum atomic E-state index is -1.17. The fraction of sp³-hybridized carbons (Fsp3) is 0.286. The number of rotatable bonds is 8. The molecule has 8 nitrogen and oxygen atoms in total. The van der Waals surface area contributed by atoms with E-state index in [4.69, 9.17) is 10.5 Å². The summed E-state index contributed by atoms with van der Waals surface area (Å²) >= 11 is 0. The minimum absolute atomic E-state index is 0.101. The molecule has 0 aromatic heterocycles. The number of hydrogen-bond acceptors (Lipinski definition) is 4. The van der Waals surface area contributed by atoms with Crippen LogP contribution in [0.3, 0.4) is 0 Å². The molecule has 0 fully saturated rings. The van der Waals surface area contributed by atoms with Gasteiger partial charge in [0.1, 0.15) is 12.6 Å². The summed E-state index contributed by atoms with van der Waals surface area (Å²) in [7, 11) is 0. The molecule has 0 saturated heterocycles. The molecule has 1 unspecified atom stereocenters. The van der Waals surface area contributed by atoms with Gasteiger partial charge in [-0.2, -0.15) is 0 Å². The van der Waals surface area contributed by atoms with E-state index in [2.05, 4.69) is 10.6 Å². The number of ether oxygens (including phenoxy) is 1. The summed E-state index contributed by atoms with van der Waals surface area (Å²) in [5, 5.41) is 14.0. The number of carbonyl (C=O) groups is 3. The number of amides is 3. The van der Waals surface area contributed by atoms with Crippen LogP contribution in [0.1, 0.15) is 29.9 Å². The van der Waals surface area contributed by atoms with Gasteiger partial charge in [-0.05, 0) is 35.1 Å². The molecule has 3 rings (SSSR count). The molecule has 152 valence electrons. The average molecular weight is 397 g/mol. The van der Waals surface area contributed by atoms with Crippen LogP contribution in [-0.4, -0.2) is 42.4 Å². The predicted molar refractivity (Wildman–Crippen MR) is 106 cm³/mol. The van der Waals surface area contributed by atoms with Crippen LogP contribution in [0.5, 0.6) is 0 Å². The van der Waals surface area contributed by atoms with Crippen LogP contribution in [0.2, 0.25) is 0 Å². The topological polar surface area (TPSA) is 131 Å². The number of carbonyl (C=O) groups excluding carboxylic acids is 2. The summed E-state index contributed by atoms with van der Waals surface area (Å²) in [6, 6.07) is 14.1. The number of fused-ring (bicyclic) bond motifs is 3. The maximum Gasteiger partial charge on any atom is 0.407 e. The SMILES string of the molecule is NC(=O)NCCCC(NC(=O)OCC1c2ccccc2-c2ccccc21)C(=O)O. The van der Waals surface area contributed by atoms with Gasteiger partial charge in [0.2, 0.25) is 0 Å². The number of carboxylic acids is 1. The zero-order valence-electron chi connectivity index (χ0n) is 15.8. The van der Waals surface area contributed by atoms with Crippen molar-refractivity contribution in [3.63, 3.8) is 0 Å². The lowest BCUT2D eigenvalue weighted by Crippen LogP contribution is -2.42. The van der Waals surface area contributed by atoms with E-state index in [0.29, 0.717) is 6.42 Å². The Morgan fingerprint density at radius 2 is 1.62 bits per heavy atom. The Labute approximate surface area is 168 Å². The zero-order chi connectivity index (χ0) is 20.8. The van der Waals surface area contributed by atoms with Gasteiger partial charge in [0.15, 0.2) is 0 Å². The van der Waals surface area contributed by atoms with E-state index in [1.165, 1.54) is 0 Å². The number of carboxylic acid groups (broad SMARTS) is 1. The van der Waals surface area contributed by atoms with Gasteiger partial charge in [-0.25, -0.2) is 14.4 Å². The van der Waals surface area contributed by atoms with Gasteiger partial charge >= 0.3 is 18.1 Å². The molecule has 0 aliphatic heterocycles. The van der Waals surface area contributed by atoms with Crippen molar-refractivity contribution in [3.8, 4) is 11.1 Å². The van der Waals surface area contributed by atoms with Gasteiger partial charge in [-0.15, -0.1) is 0 Å². The van der Waals surface area contributed by atoms with E-state index in [1.807, 2.05) is 48.5 Å². The van der Waals surface area contributed by atoms with Crippen LogP contribution in [0.4, 0.5) is 9.59 Å². The van der Waals surface area contributed by atoms with E-state index >= 15 is 0 Å². The Balaban J connectivity index is 1.58. The fourth-order valence-electron chi connectivity index (χ4n) is 3.56. The summed E-state index contributed by atoms with van der Waals surface area (Å²) < 4.78 is 5.36. The van der Waals surface area contributed by atoms with E-state index in [0.717, 1.165) is 22.3 Å². The van der Waals surface area contributed by atoms with Crippen LogP contribution in [0.25, 0.3) is 11.1 Å². The summed E-state index contributed by atoms with van der Waals surface area (Å²) in [5.41, 5.74) is 9.34. The molecule has 0 heterocycles. The number of aliphatic carboxylic acids is 1. The number of hydrogen-bond donors (Lipinski definition) is 4. The van der Waals surface area contributed by atoms with E-state index in [-0.39, 0.29) is 25.5 Å². The first-order valence-electron chi connectivity index (χ1n) is 9.35.